The zero-order chi connectivity index (χ0) is 24.6. The highest BCUT2D eigenvalue weighted by molar-refractivity contribution is 6.39. The number of barbiturate groups is 1. The molecule has 2 heterocycles. The lowest BCUT2D eigenvalue weighted by Crippen LogP contribution is -2.54. The molecule has 0 atom stereocenters. The molecular weight excluding hydrogens is 457 g/mol. The molecule has 0 aliphatic carbocycles. The molecule has 0 unspecified atom stereocenters. The zero-order valence-corrected chi connectivity index (χ0v) is 16.9. The Morgan fingerprint density at radius 2 is 1.65 bits per heavy atom. The van der Waals surface area contributed by atoms with Crippen molar-refractivity contribution in [1.82, 2.24) is 9.88 Å². The van der Waals surface area contributed by atoms with E-state index >= 15 is 0 Å². The molecule has 1 aliphatic heterocycles. The first kappa shape index (κ1) is 22.5. The fraction of sp³-hybridized carbons (Fsp3) is 0.0455. The molecule has 4 amide bonds. The lowest BCUT2D eigenvalue weighted by molar-refractivity contribution is -0.384. The predicted octanol–water partition coefficient (Wildman–Crippen LogP) is 4.07. The van der Waals surface area contributed by atoms with Gasteiger partial charge < -0.3 is 4.57 Å². The molecule has 0 saturated carbocycles. The normalized spacial score (nSPS) is 15.6. The van der Waals surface area contributed by atoms with Gasteiger partial charge in [-0.2, -0.15) is 13.2 Å². The van der Waals surface area contributed by atoms with Crippen LogP contribution in [-0.4, -0.2) is 27.3 Å². The number of non-ortho nitro benzene ring substituents is 1. The number of nitrogens with zero attached hydrogens (tertiary/aromatic N) is 3. The minimum Gasteiger partial charge on any atom is -0.317 e. The molecule has 1 aliphatic rings. The van der Waals surface area contributed by atoms with E-state index in [0.29, 0.717) is 22.3 Å². The molecule has 3 aromatic rings. The van der Waals surface area contributed by atoms with E-state index in [-0.39, 0.29) is 11.4 Å². The van der Waals surface area contributed by atoms with E-state index in [1.165, 1.54) is 34.9 Å². The highest BCUT2D eigenvalue weighted by Gasteiger charge is 2.38. The number of nitro benzene ring substituents is 1. The number of urea groups is 1. The van der Waals surface area contributed by atoms with Crippen LogP contribution in [-0.2, 0) is 15.8 Å². The third kappa shape index (κ3) is 4.16. The van der Waals surface area contributed by atoms with Crippen LogP contribution >= 0.6 is 0 Å². The van der Waals surface area contributed by atoms with Crippen molar-refractivity contribution >= 4 is 35.3 Å². The number of hydrogen-bond acceptors (Lipinski definition) is 5. The van der Waals surface area contributed by atoms with E-state index in [9.17, 15) is 37.7 Å². The van der Waals surface area contributed by atoms with Crippen molar-refractivity contribution < 1.29 is 32.5 Å². The Labute approximate surface area is 188 Å². The van der Waals surface area contributed by atoms with Crippen LogP contribution in [0.1, 0.15) is 11.3 Å². The van der Waals surface area contributed by atoms with Crippen LogP contribution in [0.2, 0.25) is 0 Å². The third-order valence-corrected chi connectivity index (χ3v) is 4.94. The second-order valence-electron chi connectivity index (χ2n) is 7.08. The van der Waals surface area contributed by atoms with Crippen molar-refractivity contribution in [3.05, 3.63) is 93.8 Å². The van der Waals surface area contributed by atoms with Crippen molar-refractivity contribution in [2.75, 3.05) is 4.90 Å². The van der Waals surface area contributed by atoms with Crippen LogP contribution in [0.4, 0.5) is 29.3 Å². The molecule has 0 radical (unpaired) electrons. The maximum absolute atomic E-state index is 13.1. The van der Waals surface area contributed by atoms with Gasteiger partial charge in [-0.15, -0.1) is 0 Å². The van der Waals surface area contributed by atoms with Crippen LogP contribution in [0.25, 0.3) is 11.8 Å². The number of rotatable bonds is 4. The van der Waals surface area contributed by atoms with Gasteiger partial charge in [-0.3, -0.25) is 25.0 Å². The Balaban J connectivity index is 1.72. The molecule has 172 valence electrons. The molecule has 0 spiro atoms. The van der Waals surface area contributed by atoms with Gasteiger partial charge in [-0.25, -0.2) is 9.69 Å². The Hall–Kier alpha value is -4.74. The Bertz CT molecular complexity index is 1360. The molecule has 1 saturated heterocycles. The maximum Gasteiger partial charge on any atom is 0.416 e. The van der Waals surface area contributed by atoms with Gasteiger partial charge in [0.2, 0.25) is 0 Å². The summed E-state index contributed by atoms with van der Waals surface area (Å²) in [6, 6.07) is 11.0. The summed E-state index contributed by atoms with van der Waals surface area (Å²) in [6.45, 7) is 0. The van der Waals surface area contributed by atoms with E-state index in [2.05, 4.69) is 0 Å². The minimum atomic E-state index is -4.70. The van der Waals surface area contributed by atoms with Gasteiger partial charge in [0, 0.05) is 29.7 Å². The highest BCUT2D eigenvalue weighted by Crippen LogP contribution is 2.32. The van der Waals surface area contributed by atoms with E-state index < -0.39 is 40.1 Å². The number of alkyl halides is 3. The van der Waals surface area contributed by atoms with E-state index in [1.54, 1.807) is 18.3 Å². The summed E-state index contributed by atoms with van der Waals surface area (Å²) in [5.41, 5.74) is -1.25. The van der Waals surface area contributed by atoms with Gasteiger partial charge in [0.15, 0.2) is 0 Å². The summed E-state index contributed by atoms with van der Waals surface area (Å²) >= 11 is 0. The molecule has 34 heavy (non-hydrogen) atoms. The van der Waals surface area contributed by atoms with E-state index in [4.69, 9.17) is 0 Å². The number of nitro groups is 1. The largest absolute Gasteiger partial charge is 0.416 e. The summed E-state index contributed by atoms with van der Waals surface area (Å²) in [4.78, 5) is 48.5. The number of carbonyl (C=O) groups is 3. The van der Waals surface area contributed by atoms with Gasteiger partial charge in [-0.05, 0) is 48.5 Å². The van der Waals surface area contributed by atoms with Crippen molar-refractivity contribution in [2.24, 2.45) is 0 Å². The average Bonchev–Trinajstić information content (AvgIpc) is 3.24. The molecule has 0 bridgehead atoms. The monoisotopic (exact) mass is 470 g/mol. The van der Waals surface area contributed by atoms with Crippen LogP contribution in [0.15, 0.2) is 72.4 Å². The van der Waals surface area contributed by atoms with Gasteiger partial charge in [0.25, 0.3) is 17.5 Å². The number of aromatic nitrogens is 1. The van der Waals surface area contributed by atoms with E-state index in [0.717, 1.165) is 18.2 Å². The minimum absolute atomic E-state index is 0.132. The first-order valence-electron chi connectivity index (χ1n) is 9.57. The fourth-order valence-corrected chi connectivity index (χ4v) is 3.34. The Kier molecular flexibility index (Phi) is 5.49. The summed E-state index contributed by atoms with van der Waals surface area (Å²) in [6.07, 6.45) is -1.95. The summed E-state index contributed by atoms with van der Waals surface area (Å²) in [5.74, 6) is -2.13. The van der Waals surface area contributed by atoms with Crippen molar-refractivity contribution in [2.45, 2.75) is 6.18 Å². The number of amides is 4. The summed E-state index contributed by atoms with van der Waals surface area (Å²) < 4.78 is 40.8. The molecule has 12 heteroatoms. The SMILES string of the molecule is O=C1NC(=O)N(c2cccc(C(F)(F)F)c2)C(=O)C1=Cc1cccn1-c1ccc([N+](=O)[O-])cc1. The molecule has 9 nitrogen and oxygen atoms in total. The predicted molar refractivity (Wildman–Crippen MR) is 113 cm³/mol. The van der Waals surface area contributed by atoms with Gasteiger partial charge in [0.1, 0.15) is 5.57 Å². The molecular formula is C22H13F3N4O5. The van der Waals surface area contributed by atoms with Crippen molar-refractivity contribution in [1.29, 1.82) is 0 Å². The Morgan fingerprint density at radius 3 is 2.29 bits per heavy atom. The second kappa shape index (κ2) is 8.31. The van der Waals surface area contributed by atoms with Crippen LogP contribution < -0.4 is 10.2 Å². The lowest BCUT2D eigenvalue weighted by atomic mass is 10.1. The van der Waals surface area contributed by atoms with E-state index in [1.807, 2.05) is 5.32 Å². The first-order chi connectivity index (χ1) is 16.1. The number of imide groups is 2. The number of nitrogens with one attached hydrogen (secondary N) is 1. The fourth-order valence-electron chi connectivity index (χ4n) is 3.34. The topological polar surface area (TPSA) is 115 Å². The van der Waals surface area contributed by atoms with Gasteiger partial charge in [-0.1, -0.05) is 6.07 Å². The van der Waals surface area contributed by atoms with Crippen LogP contribution in [0.3, 0.4) is 0 Å². The standard InChI is InChI=1S/C22H13F3N4O5/c23-22(24,25)13-3-1-4-17(11-13)28-20(31)18(19(30)26-21(28)32)12-16-5-2-10-27(16)14-6-8-15(9-7-14)29(33)34/h1-12H,(H,26,30,32). The zero-order valence-electron chi connectivity index (χ0n) is 16.9. The smallest absolute Gasteiger partial charge is 0.317 e. The van der Waals surface area contributed by atoms with Crippen LogP contribution in [0, 0.1) is 10.1 Å². The number of halogens is 3. The number of carbonyl (C=O) groups excluding carboxylic acids is 3. The number of benzene rings is 2. The second-order valence-corrected chi connectivity index (χ2v) is 7.08. The molecule has 1 fully saturated rings. The maximum atomic E-state index is 13.1. The van der Waals surface area contributed by atoms with Crippen molar-refractivity contribution in [3.8, 4) is 5.69 Å². The van der Waals surface area contributed by atoms with Gasteiger partial charge in [0.05, 0.1) is 16.2 Å². The van der Waals surface area contributed by atoms with Crippen LogP contribution in [0.5, 0.6) is 0 Å². The molecule has 1 N–H and O–H groups in total. The summed E-state index contributed by atoms with van der Waals surface area (Å²) in [7, 11) is 0. The lowest BCUT2D eigenvalue weighted by Gasteiger charge is -2.27. The average molecular weight is 470 g/mol. The quantitative estimate of drug-likeness (QED) is 0.267. The summed E-state index contributed by atoms with van der Waals surface area (Å²) in [5, 5.41) is 12.8. The number of anilines is 1. The van der Waals surface area contributed by atoms with Gasteiger partial charge >= 0.3 is 12.2 Å². The highest BCUT2D eigenvalue weighted by atomic mass is 19.4. The molecule has 2 aromatic carbocycles. The van der Waals surface area contributed by atoms with Crippen molar-refractivity contribution in [3.63, 3.8) is 0 Å². The molecule has 4 rings (SSSR count). The third-order valence-electron chi connectivity index (χ3n) is 4.94. The Morgan fingerprint density at radius 1 is 0.941 bits per heavy atom. The first-order valence-corrected chi connectivity index (χ1v) is 9.57. The molecule has 1 aromatic heterocycles. The number of hydrogen-bond donors (Lipinski definition) is 1.